The van der Waals surface area contributed by atoms with Crippen LogP contribution in [0.3, 0.4) is 0 Å². The predicted octanol–water partition coefficient (Wildman–Crippen LogP) is 4.97. The number of para-hydroxylation sites is 1. The third-order valence-corrected chi connectivity index (χ3v) is 9.49. The molecule has 0 bridgehead atoms. The predicted molar refractivity (Wildman–Crippen MR) is 142 cm³/mol. The van der Waals surface area contributed by atoms with Crippen molar-refractivity contribution in [2.45, 2.75) is 30.4 Å². The fourth-order valence-electron chi connectivity index (χ4n) is 3.73. The second-order valence-corrected chi connectivity index (χ2v) is 14.6. The zero-order valence-corrected chi connectivity index (χ0v) is 22.1. The highest BCUT2D eigenvalue weighted by molar-refractivity contribution is 7.92. The Morgan fingerprint density at radius 2 is 1.77 bits per heavy atom. The van der Waals surface area contributed by atoms with Gasteiger partial charge in [0.2, 0.25) is 5.95 Å². The van der Waals surface area contributed by atoms with Crippen molar-refractivity contribution < 1.29 is 17.7 Å². The molecule has 4 rings (SSSR count). The zero-order valence-electron chi connectivity index (χ0n) is 20.4. The molecule has 3 aromatic rings. The van der Waals surface area contributed by atoms with Crippen LogP contribution < -0.4 is 20.7 Å². The number of aromatic nitrogens is 2. The van der Waals surface area contributed by atoms with E-state index in [1.807, 2.05) is 12.2 Å². The molecule has 10 heteroatoms. The number of nitrogens with zero attached hydrogens (tertiary/aromatic N) is 2. The SMILES string of the molecule is COc1cc(P(C)(C)=O)ccc1Nc1nc2c(c(Nc3ccccc3S(=O)(=O)C(C)C)n1)CC=C2. The van der Waals surface area contributed by atoms with Gasteiger partial charge in [0.15, 0.2) is 9.84 Å². The number of nitrogens with one attached hydrogen (secondary N) is 2. The summed E-state index contributed by atoms with van der Waals surface area (Å²) in [5.74, 6) is 1.37. The molecule has 2 N–H and O–H groups in total. The second kappa shape index (κ2) is 9.47. The number of ether oxygens (including phenoxy) is 1. The number of hydrogen-bond acceptors (Lipinski definition) is 8. The van der Waals surface area contributed by atoms with E-state index < -0.39 is 22.2 Å². The van der Waals surface area contributed by atoms with Gasteiger partial charge in [-0.25, -0.2) is 13.4 Å². The van der Waals surface area contributed by atoms with Gasteiger partial charge in [-0.2, -0.15) is 4.98 Å². The van der Waals surface area contributed by atoms with Crippen LogP contribution in [0, 0.1) is 0 Å². The molecule has 1 heterocycles. The van der Waals surface area contributed by atoms with Crippen LogP contribution >= 0.6 is 7.14 Å². The maximum atomic E-state index is 12.9. The van der Waals surface area contributed by atoms with Gasteiger partial charge < -0.3 is 19.9 Å². The van der Waals surface area contributed by atoms with E-state index in [-0.39, 0.29) is 4.90 Å². The summed E-state index contributed by atoms with van der Waals surface area (Å²) in [4.78, 5) is 9.52. The van der Waals surface area contributed by atoms with E-state index in [0.717, 1.165) is 11.3 Å². The van der Waals surface area contributed by atoms with Crippen molar-refractivity contribution in [1.29, 1.82) is 0 Å². The second-order valence-electron chi connectivity index (χ2n) is 8.94. The number of hydrogen-bond donors (Lipinski definition) is 2. The Hall–Kier alpha value is -3.16. The minimum absolute atomic E-state index is 0.226. The van der Waals surface area contributed by atoms with Gasteiger partial charge in [-0.15, -0.1) is 0 Å². The normalized spacial score (nSPS) is 13.1. The first-order valence-electron chi connectivity index (χ1n) is 11.2. The minimum atomic E-state index is -3.50. The zero-order chi connectivity index (χ0) is 25.4. The van der Waals surface area contributed by atoms with Crippen LogP contribution in [0.2, 0.25) is 0 Å². The van der Waals surface area contributed by atoms with E-state index in [2.05, 4.69) is 20.6 Å². The number of anilines is 4. The molecule has 0 saturated carbocycles. The van der Waals surface area contributed by atoms with E-state index in [4.69, 9.17) is 4.74 Å². The van der Waals surface area contributed by atoms with Crippen molar-refractivity contribution >= 4 is 51.5 Å². The van der Waals surface area contributed by atoms with Crippen molar-refractivity contribution in [3.05, 3.63) is 59.8 Å². The van der Waals surface area contributed by atoms with Crippen LogP contribution in [-0.4, -0.2) is 44.1 Å². The van der Waals surface area contributed by atoms with Gasteiger partial charge in [0.25, 0.3) is 0 Å². The molecule has 1 aromatic heterocycles. The highest BCUT2D eigenvalue weighted by atomic mass is 32.2. The molecule has 0 spiro atoms. The fraction of sp³-hybridized carbons (Fsp3) is 0.280. The summed E-state index contributed by atoms with van der Waals surface area (Å²) in [6.07, 6.45) is 4.53. The number of rotatable bonds is 8. The van der Waals surface area contributed by atoms with Gasteiger partial charge in [0.1, 0.15) is 18.7 Å². The number of fused-ring (bicyclic) bond motifs is 1. The Balaban J connectivity index is 1.73. The summed E-state index contributed by atoms with van der Waals surface area (Å²) in [7, 11) is -4.41. The highest BCUT2D eigenvalue weighted by Crippen LogP contribution is 2.38. The monoisotopic (exact) mass is 512 g/mol. The molecule has 0 atom stereocenters. The van der Waals surface area contributed by atoms with Gasteiger partial charge in [0.05, 0.1) is 34.3 Å². The molecule has 0 unspecified atom stereocenters. The lowest BCUT2D eigenvalue weighted by Gasteiger charge is -2.17. The van der Waals surface area contributed by atoms with Gasteiger partial charge in [0, 0.05) is 10.9 Å². The molecule has 8 nitrogen and oxygen atoms in total. The smallest absolute Gasteiger partial charge is 0.229 e. The summed E-state index contributed by atoms with van der Waals surface area (Å²) in [6, 6.07) is 12.2. The van der Waals surface area contributed by atoms with Crippen LogP contribution in [0.5, 0.6) is 5.75 Å². The van der Waals surface area contributed by atoms with E-state index in [1.54, 1.807) is 76.8 Å². The number of sulfone groups is 1. The molecule has 2 aromatic carbocycles. The van der Waals surface area contributed by atoms with Gasteiger partial charge in [-0.1, -0.05) is 18.2 Å². The van der Waals surface area contributed by atoms with Crippen LogP contribution in [-0.2, 0) is 20.8 Å². The Kier molecular flexibility index (Phi) is 6.75. The van der Waals surface area contributed by atoms with Crippen molar-refractivity contribution in [3.63, 3.8) is 0 Å². The first-order chi connectivity index (χ1) is 16.5. The average molecular weight is 513 g/mol. The third kappa shape index (κ3) is 5.11. The van der Waals surface area contributed by atoms with Gasteiger partial charge >= 0.3 is 0 Å². The summed E-state index contributed by atoms with van der Waals surface area (Å²) in [5.41, 5.74) is 2.72. The molecule has 1 aliphatic rings. The Morgan fingerprint density at radius 3 is 2.46 bits per heavy atom. The molecular weight excluding hydrogens is 483 g/mol. The standard InChI is InChI=1S/C25H29N4O4PS/c1-16(2)35(31,32)23-12-7-6-10-21(23)26-24-18-9-8-11-19(18)27-25(29-24)28-20-14-13-17(34(4,5)30)15-22(20)33-3/h6-8,10-16H,9H2,1-5H3,(H2,26,27,28,29). The van der Waals surface area contributed by atoms with Crippen LogP contribution in [0.4, 0.5) is 23.1 Å². The van der Waals surface area contributed by atoms with Crippen molar-refractivity contribution in [1.82, 2.24) is 9.97 Å². The molecule has 0 saturated heterocycles. The van der Waals surface area contributed by atoms with Crippen LogP contribution in [0.1, 0.15) is 25.1 Å². The Bertz CT molecular complexity index is 1460. The van der Waals surface area contributed by atoms with Gasteiger partial charge in [-0.05, 0) is 70.0 Å². The molecular formula is C25H29N4O4PS. The third-order valence-electron chi connectivity index (χ3n) is 5.76. The maximum Gasteiger partial charge on any atom is 0.229 e. The topological polar surface area (TPSA) is 110 Å². The summed E-state index contributed by atoms with van der Waals surface area (Å²) < 4.78 is 43.8. The molecule has 0 radical (unpaired) electrons. The Labute approximate surface area is 206 Å². The molecule has 0 aliphatic heterocycles. The van der Waals surface area contributed by atoms with Crippen molar-refractivity contribution in [2.75, 3.05) is 31.1 Å². The quantitative estimate of drug-likeness (QED) is 0.407. The summed E-state index contributed by atoms with van der Waals surface area (Å²) >= 11 is 0. The first kappa shape index (κ1) is 24.9. The van der Waals surface area contributed by atoms with Crippen LogP contribution in [0.25, 0.3) is 6.08 Å². The maximum absolute atomic E-state index is 12.9. The summed E-state index contributed by atoms with van der Waals surface area (Å²) in [6.45, 7) is 6.74. The van der Waals surface area contributed by atoms with E-state index in [0.29, 0.717) is 40.6 Å². The van der Waals surface area contributed by atoms with Crippen molar-refractivity contribution in [3.8, 4) is 5.75 Å². The average Bonchev–Trinajstić information content (AvgIpc) is 3.28. The Morgan fingerprint density at radius 1 is 1.03 bits per heavy atom. The minimum Gasteiger partial charge on any atom is -0.495 e. The van der Waals surface area contributed by atoms with Crippen molar-refractivity contribution in [2.24, 2.45) is 0 Å². The van der Waals surface area contributed by atoms with E-state index in [9.17, 15) is 13.0 Å². The molecule has 184 valence electrons. The molecule has 0 fully saturated rings. The number of allylic oxidation sites excluding steroid dienone is 1. The number of methoxy groups -OCH3 is 1. The van der Waals surface area contributed by atoms with E-state index >= 15 is 0 Å². The lowest BCUT2D eigenvalue weighted by Crippen LogP contribution is -2.16. The molecule has 35 heavy (non-hydrogen) atoms. The largest absolute Gasteiger partial charge is 0.495 e. The lowest BCUT2D eigenvalue weighted by molar-refractivity contribution is 0.417. The van der Waals surface area contributed by atoms with Gasteiger partial charge in [-0.3, -0.25) is 0 Å². The van der Waals surface area contributed by atoms with Crippen LogP contribution in [0.15, 0.2) is 53.4 Å². The van der Waals surface area contributed by atoms with E-state index in [1.165, 1.54) is 0 Å². The number of benzene rings is 2. The summed E-state index contributed by atoms with van der Waals surface area (Å²) in [5, 5.41) is 6.58. The fourth-order valence-corrected chi connectivity index (χ4v) is 5.79. The molecule has 1 aliphatic carbocycles. The first-order valence-corrected chi connectivity index (χ1v) is 15.3. The lowest BCUT2D eigenvalue weighted by atomic mass is 10.2. The molecule has 0 amide bonds. The highest BCUT2D eigenvalue weighted by Gasteiger charge is 2.24.